The van der Waals surface area contributed by atoms with Gasteiger partial charge in [-0.1, -0.05) is 37.3 Å². The third-order valence-corrected chi connectivity index (χ3v) is 5.92. The van der Waals surface area contributed by atoms with Crippen molar-refractivity contribution in [3.8, 4) is 0 Å². The van der Waals surface area contributed by atoms with Gasteiger partial charge in [0.15, 0.2) is 5.96 Å². The van der Waals surface area contributed by atoms with Crippen molar-refractivity contribution in [2.75, 3.05) is 19.6 Å². The van der Waals surface area contributed by atoms with Crippen LogP contribution in [-0.4, -0.2) is 41.5 Å². The molecule has 28 heavy (non-hydrogen) atoms. The first-order chi connectivity index (χ1) is 13.3. The van der Waals surface area contributed by atoms with Gasteiger partial charge in [-0.05, 0) is 38.3 Å². The van der Waals surface area contributed by atoms with Gasteiger partial charge < -0.3 is 10.6 Å². The van der Waals surface area contributed by atoms with E-state index in [1.807, 2.05) is 0 Å². The molecule has 1 unspecified atom stereocenters. The van der Waals surface area contributed by atoms with Crippen molar-refractivity contribution in [3.05, 3.63) is 52.0 Å². The second kappa shape index (κ2) is 12.4. The van der Waals surface area contributed by atoms with Crippen molar-refractivity contribution < 1.29 is 0 Å². The highest BCUT2D eigenvalue weighted by Gasteiger charge is 2.24. The number of nitrogens with one attached hydrogen (secondary N) is 2. The van der Waals surface area contributed by atoms with Crippen LogP contribution in [0.4, 0.5) is 0 Å². The Kier molecular flexibility index (Phi) is 10.2. The number of likely N-dealkylation sites (tertiary alicyclic amines) is 1. The van der Waals surface area contributed by atoms with Crippen LogP contribution in [0, 0.1) is 0 Å². The Morgan fingerprint density at radius 1 is 1.25 bits per heavy atom. The van der Waals surface area contributed by atoms with Crippen molar-refractivity contribution in [2.24, 2.45) is 4.99 Å². The number of guanidine groups is 1. The fourth-order valence-electron chi connectivity index (χ4n) is 3.45. The minimum atomic E-state index is 0. The smallest absolute Gasteiger partial charge is 0.191 e. The Morgan fingerprint density at radius 2 is 2.07 bits per heavy atom. The number of rotatable bonds is 8. The van der Waals surface area contributed by atoms with Crippen molar-refractivity contribution in [1.82, 2.24) is 20.5 Å². The fraction of sp³-hybridized carbons (Fsp3) is 0.524. The van der Waals surface area contributed by atoms with Gasteiger partial charge in [0.2, 0.25) is 0 Å². The maximum Gasteiger partial charge on any atom is 0.191 e. The predicted octanol–water partition coefficient (Wildman–Crippen LogP) is 4.04. The molecule has 1 fully saturated rings. The summed E-state index contributed by atoms with van der Waals surface area (Å²) in [6, 6.07) is 11.3. The molecule has 0 saturated carbocycles. The summed E-state index contributed by atoms with van der Waals surface area (Å²) in [4.78, 5) is 11.9. The molecule has 1 aliphatic rings. The van der Waals surface area contributed by atoms with Crippen LogP contribution < -0.4 is 10.6 Å². The Morgan fingerprint density at radius 3 is 2.79 bits per heavy atom. The Labute approximate surface area is 190 Å². The van der Waals surface area contributed by atoms with Crippen molar-refractivity contribution in [1.29, 1.82) is 0 Å². The van der Waals surface area contributed by atoms with Gasteiger partial charge in [-0.15, -0.1) is 35.3 Å². The number of aliphatic imine (C=N–C) groups is 1. The van der Waals surface area contributed by atoms with E-state index in [4.69, 9.17) is 4.99 Å². The van der Waals surface area contributed by atoms with E-state index in [2.05, 4.69) is 70.1 Å². The number of thiazole rings is 1. The van der Waals surface area contributed by atoms with Crippen LogP contribution in [0.2, 0.25) is 0 Å². The highest BCUT2D eigenvalue weighted by Crippen LogP contribution is 2.19. The summed E-state index contributed by atoms with van der Waals surface area (Å²) in [6.07, 6.45) is 3.50. The van der Waals surface area contributed by atoms with E-state index in [0.29, 0.717) is 12.6 Å². The molecule has 2 aromatic rings. The van der Waals surface area contributed by atoms with E-state index >= 15 is 0 Å². The molecule has 2 N–H and O–H groups in total. The molecule has 0 spiro atoms. The van der Waals surface area contributed by atoms with Crippen molar-refractivity contribution in [2.45, 2.75) is 52.2 Å². The normalized spacial score (nSPS) is 17.4. The molecule has 5 nitrogen and oxygen atoms in total. The standard InChI is InChI=1S/C21H31N5S.HI/c1-3-20-25-18(16-27-20)13-23-21(22-4-2)24-14-19-11-8-12-26(19)15-17-9-6-5-7-10-17;/h5-7,9-10,16,19H,3-4,8,11-15H2,1-2H3,(H2,22,23,24);1H. The molecule has 0 aliphatic carbocycles. The topological polar surface area (TPSA) is 52.6 Å². The van der Waals surface area contributed by atoms with Gasteiger partial charge in [0.1, 0.15) is 0 Å². The van der Waals surface area contributed by atoms with Crippen LogP contribution in [-0.2, 0) is 19.5 Å². The minimum Gasteiger partial charge on any atom is -0.357 e. The first-order valence-electron chi connectivity index (χ1n) is 10.0. The van der Waals surface area contributed by atoms with Gasteiger partial charge in [-0.2, -0.15) is 0 Å². The maximum absolute atomic E-state index is 4.72. The SMILES string of the molecule is CCNC(=NCc1csc(CC)n1)NCC1CCCN1Cc1ccccc1.I. The Hall–Kier alpha value is -1.19. The monoisotopic (exact) mass is 513 g/mol. The maximum atomic E-state index is 4.72. The number of halogens is 1. The van der Waals surface area contributed by atoms with Crippen molar-refractivity contribution >= 4 is 41.3 Å². The van der Waals surface area contributed by atoms with Gasteiger partial charge in [0.25, 0.3) is 0 Å². The van der Waals surface area contributed by atoms with E-state index < -0.39 is 0 Å². The molecule has 1 aromatic carbocycles. The van der Waals surface area contributed by atoms with Crippen LogP contribution in [0.15, 0.2) is 40.7 Å². The molecule has 1 atom stereocenters. The highest BCUT2D eigenvalue weighted by atomic mass is 127. The summed E-state index contributed by atoms with van der Waals surface area (Å²) in [5.74, 6) is 0.884. The third-order valence-electron chi connectivity index (χ3n) is 4.88. The third kappa shape index (κ3) is 7.00. The molecule has 1 aromatic heterocycles. The molecule has 3 rings (SSSR count). The van der Waals surface area contributed by atoms with Gasteiger partial charge in [0, 0.05) is 31.1 Å². The summed E-state index contributed by atoms with van der Waals surface area (Å²) >= 11 is 1.72. The number of benzene rings is 1. The largest absolute Gasteiger partial charge is 0.357 e. The zero-order valence-electron chi connectivity index (χ0n) is 16.9. The first kappa shape index (κ1) is 23.1. The number of aromatic nitrogens is 1. The average Bonchev–Trinajstić information content (AvgIpc) is 3.34. The fourth-order valence-corrected chi connectivity index (χ4v) is 4.19. The van der Waals surface area contributed by atoms with E-state index in [0.717, 1.165) is 37.7 Å². The Balaban J connectivity index is 0.00000280. The summed E-state index contributed by atoms with van der Waals surface area (Å²) in [5, 5.41) is 10.2. The number of hydrogen-bond acceptors (Lipinski definition) is 4. The van der Waals surface area contributed by atoms with Crippen LogP contribution >= 0.6 is 35.3 Å². The molecular formula is C21H32IN5S. The predicted molar refractivity (Wildman–Crippen MR) is 130 cm³/mol. The van der Waals surface area contributed by atoms with Gasteiger partial charge >= 0.3 is 0 Å². The van der Waals surface area contributed by atoms with Crippen molar-refractivity contribution in [3.63, 3.8) is 0 Å². The van der Waals surface area contributed by atoms with Crippen LogP contribution in [0.3, 0.4) is 0 Å². The molecule has 7 heteroatoms. The first-order valence-corrected chi connectivity index (χ1v) is 10.9. The lowest BCUT2D eigenvalue weighted by atomic mass is 10.2. The van der Waals surface area contributed by atoms with E-state index in [9.17, 15) is 0 Å². The summed E-state index contributed by atoms with van der Waals surface area (Å²) in [5.41, 5.74) is 2.45. The molecule has 0 radical (unpaired) electrons. The van der Waals surface area contributed by atoms with Gasteiger partial charge in [-0.3, -0.25) is 4.90 Å². The quantitative estimate of drug-likeness (QED) is 0.318. The second-order valence-electron chi connectivity index (χ2n) is 6.91. The molecule has 2 heterocycles. The van der Waals surface area contributed by atoms with Crippen LogP contribution in [0.1, 0.15) is 43.0 Å². The molecule has 0 bridgehead atoms. The van der Waals surface area contributed by atoms with Gasteiger partial charge in [0.05, 0.1) is 17.2 Å². The van der Waals surface area contributed by atoms with E-state index in [1.54, 1.807) is 11.3 Å². The number of hydrogen-bond donors (Lipinski definition) is 2. The second-order valence-corrected chi connectivity index (χ2v) is 7.86. The highest BCUT2D eigenvalue weighted by molar-refractivity contribution is 14.0. The lowest BCUT2D eigenvalue weighted by molar-refractivity contribution is 0.245. The zero-order valence-corrected chi connectivity index (χ0v) is 20.0. The number of nitrogens with zero attached hydrogens (tertiary/aromatic N) is 3. The lowest BCUT2D eigenvalue weighted by Crippen LogP contribution is -2.44. The molecule has 0 amide bonds. The zero-order chi connectivity index (χ0) is 18.9. The minimum absolute atomic E-state index is 0. The number of aryl methyl sites for hydroxylation is 1. The summed E-state index contributed by atoms with van der Waals surface area (Å²) in [7, 11) is 0. The summed E-state index contributed by atoms with van der Waals surface area (Å²) in [6.45, 7) is 8.86. The van der Waals surface area contributed by atoms with Gasteiger partial charge in [-0.25, -0.2) is 9.98 Å². The molecule has 1 saturated heterocycles. The van der Waals surface area contributed by atoms with Crippen LogP contribution in [0.25, 0.3) is 0 Å². The molecule has 154 valence electrons. The summed E-state index contributed by atoms with van der Waals surface area (Å²) < 4.78 is 0. The van der Waals surface area contributed by atoms with Crippen LogP contribution in [0.5, 0.6) is 0 Å². The average molecular weight is 513 g/mol. The Bertz CT molecular complexity index is 719. The van der Waals surface area contributed by atoms with E-state index in [1.165, 1.54) is 30.0 Å². The molecule has 1 aliphatic heterocycles. The lowest BCUT2D eigenvalue weighted by Gasteiger charge is -2.25. The van der Waals surface area contributed by atoms with E-state index in [-0.39, 0.29) is 24.0 Å². The molecular weight excluding hydrogens is 481 g/mol.